The Morgan fingerprint density at radius 3 is 2.95 bits per heavy atom. The predicted octanol–water partition coefficient (Wildman–Crippen LogP) is 2.40. The zero-order chi connectivity index (χ0) is 14.8. The molecule has 2 aromatic carbocycles. The highest BCUT2D eigenvalue weighted by molar-refractivity contribution is 5.95. The molecule has 4 nitrogen and oxygen atoms in total. The first-order valence-electron chi connectivity index (χ1n) is 6.68. The lowest BCUT2D eigenvalue weighted by Gasteiger charge is -2.20. The van der Waals surface area contributed by atoms with E-state index in [1.54, 1.807) is 18.2 Å². The molecule has 1 aliphatic heterocycles. The van der Waals surface area contributed by atoms with E-state index in [0.29, 0.717) is 17.9 Å². The molecule has 3 N–H and O–H groups in total. The Kier molecular flexibility index (Phi) is 3.58. The van der Waals surface area contributed by atoms with E-state index in [4.69, 9.17) is 10.5 Å². The van der Waals surface area contributed by atoms with E-state index >= 15 is 0 Å². The minimum absolute atomic E-state index is 0.0295. The van der Waals surface area contributed by atoms with E-state index in [1.807, 2.05) is 12.1 Å². The van der Waals surface area contributed by atoms with Gasteiger partial charge in [0, 0.05) is 6.04 Å². The number of carbonyl (C=O) groups excluding carboxylic acids is 1. The van der Waals surface area contributed by atoms with Crippen LogP contribution in [0, 0.1) is 5.82 Å². The third-order valence-corrected chi connectivity index (χ3v) is 3.41. The largest absolute Gasteiger partial charge is 0.482 e. The Balaban J connectivity index is 1.80. The molecule has 0 aromatic heterocycles. The summed E-state index contributed by atoms with van der Waals surface area (Å²) in [5.41, 5.74) is 8.49. The third-order valence-electron chi connectivity index (χ3n) is 3.41. The van der Waals surface area contributed by atoms with Crippen LogP contribution in [0.4, 0.5) is 10.1 Å². The first-order chi connectivity index (χ1) is 10.1. The summed E-state index contributed by atoms with van der Waals surface area (Å²) in [6.45, 7) is 0.0295. The number of carbonyl (C=O) groups is 1. The number of hydrogen-bond donors (Lipinski definition) is 2. The third kappa shape index (κ3) is 3.03. The highest BCUT2D eigenvalue weighted by Crippen LogP contribution is 2.30. The molecule has 0 fully saturated rings. The molecule has 0 bridgehead atoms. The normalized spacial score (nSPS) is 14.9. The van der Waals surface area contributed by atoms with Gasteiger partial charge < -0.3 is 15.8 Å². The molecule has 0 radical (unpaired) electrons. The maximum absolute atomic E-state index is 13.2. The molecule has 0 saturated heterocycles. The van der Waals surface area contributed by atoms with Crippen molar-refractivity contribution < 1.29 is 13.9 Å². The monoisotopic (exact) mass is 286 g/mol. The van der Waals surface area contributed by atoms with Crippen LogP contribution >= 0.6 is 0 Å². The number of anilines is 1. The van der Waals surface area contributed by atoms with Crippen LogP contribution in [0.25, 0.3) is 0 Å². The van der Waals surface area contributed by atoms with Crippen molar-refractivity contribution in [1.29, 1.82) is 0 Å². The molecule has 1 heterocycles. The number of amides is 1. The summed E-state index contributed by atoms with van der Waals surface area (Å²) < 4.78 is 18.5. The van der Waals surface area contributed by atoms with Crippen LogP contribution in [0.5, 0.6) is 5.75 Å². The summed E-state index contributed by atoms with van der Waals surface area (Å²) in [5, 5.41) is 2.75. The highest BCUT2D eigenvalue weighted by atomic mass is 19.1. The van der Waals surface area contributed by atoms with E-state index in [2.05, 4.69) is 5.32 Å². The molecule has 0 saturated carbocycles. The summed E-state index contributed by atoms with van der Waals surface area (Å²) in [7, 11) is 0. The van der Waals surface area contributed by atoms with Gasteiger partial charge in [-0.1, -0.05) is 18.2 Å². The van der Waals surface area contributed by atoms with Gasteiger partial charge in [0.05, 0.1) is 5.69 Å². The fraction of sp³-hybridized carbons (Fsp3) is 0.188. The number of halogens is 1. The summed E-state index contributed by atoms with van der Waals surface area (Å²) in [4.78, 5) is 11.3. The Hall–Kier alpha value is -2.40. The second-order valence-corrected chi connectivity index (χ2v) is 5.03. The molecule has 1 atom stereocenters. The molecular formula is C16H15FN2O2. The number of rotatable bonds is 3. The van der Waals surface area contributed by atoms with E-state index in [9.17, 15) is 9.18 Å². The van der Waals surface area contributed by atoms with Crippen LogP contribution in [0.2, 0.25) is 0 Å². The van der Waals surface area contributed by atoms with Gasteiger partial charge in [0.25, 0.3) is 5.91 Å². The van der Waals surface area contributed by atoms with E-state index in [-0.39, 0.29) is 24.4 Å². The lowest BCUT2D eigenvalue weighted by molar-refractivity contribution is -0.118. The molecule has 1 aliphatic rings. The molecule has 21 heavy (non-hydrogen) atoms. The number of fused-ring (bicyclic) bond motifs is 1. The van der Waals surface area contributed by atoms with Crippen molar-refractivity contribution in [2.75, 3.05) is 11.9 Å². The maximum atomic E-state index is 13.2. The first-order valence-corrected chi connectivity index (χ1v) is 6.68. The average Bonchev–Trinajstić information content (AvgIpc) is 2.46. The van der Waals surface area contributed by atoms with Crippen molar-refractivity contribution in [2.45, 2.75) is 12.5 Å². The zero-order valence-electron chi connectivity index (χ0n) is 11.3. The van der Waals surface area contributed by atoms with Crippen LogP contribution in [0.1, 0.15) is 17.2 Å². The summed E-state index contributed by atoms with van der Waals surface area (Å²) in [6, 6.07) is 11.6. The van der Waals surface area contributed by atoms with Gasteiger partial charge in [-0.05, 0) is 41.8 Å². The fourth-order valence-electron chi connectivity index (χ4n) is 2.37. The van der Waals surface area contributed by atoms with Gasteiger partial charge in [0.15, 0.2) is 6.61 Å². The van der Waals surface area contributed by atoms with Gasteiger partial charge in [-0.15, -0.1) is 0 Å². The highest BCUT2D eigenvalue weighted by Gasteiger charge is 2.17. The number of ether oxygens (including phenoxy) is 1. The SMILES string of the molecule is NC(Cc1cccc(F)c1)c1ccc2c(c1)NC(=O)CO2. The molecule has 1 amide bonds. The molecule has 0 aliphatic carbocycles. The van der Waals surface area contributed by atoms with Crippen molar-refractivity contribution in [3.05, 3.63) is 59.4 Å². The smallest absolute Gasteiger partial charge is 0.262 e. The van der Waals surface area contributed by atoms with Gasteiger partial charge >= 0.3 is 0 Å². The summed E-state index contributed by atoms with van der Waals surface area (Å²) in [6.07, 6.45) is 0.519. The van der Waals surface area contributed by atoms with Crippen molar-refractivity contribution >= 4 is 11.6 Å². The summed E-state index contributed by atoms with van der Waals surface area (Å²) >= 11 is 0. The first kappa shape index (κ1) is 13.6. The fourth-order valence-corrected chi connectivity index (χ4v) is 2.37. The minimum Gasteiger partial charge on any atom is -0.482 e. The standard InChI is InChI=1S/C16H15FN2O2/c17-12-3-1-2-10(6-12)7-13(18)11-4-5-15-14(8-11)19-16(20)9-21-15/h1-6,8,13H,7,9,18H2,(H,19,20). The molecular weight excluding hydrogens is 271 g/mol. The number of nitrogens with one attached hydrogen (secondary N) is 1. The van der Waals surface area contributed by atoms with Gasteiger partial charge in [-0.2, -0.15) is 0 Å². The Labute approximate surface area is 121 Å². The van der Waals surface area contributed by atoms with Crippen LogP contribution in [0.3, 0.4) is 0 Å². The zero-order valence-corrected chi connectivity index (χ0v) is 11.3. The van der Waals surface area contributed by atoms with E-state index in [0.717, 1.165) is 11.1 Å². The Morgan fingerprint density at radius 2 is 2.14 bits per heavy atom. The average molecular weight is 286 g/mol. The van der Waals surface area contributed by atoms with Crippen molar-refractivity contribution in [2.24, 2.45) is 5.73 Å². The Morgan fingerprint density at radius 1 is 1.29 bits per heavy atom. The Bertz CT molecular complexity index is 688. The van der Waals surface area contributed by atoms with Gasteiger partial charge in [0.1, 0.15) is 11.6 Å². The van der Waals surface area contributed by atoms with Gasteiger partial charge in [-0.3, -0.25) is 4.79 Å². The second-order valence-electron chi connectivity index (χ2n) is 5.03. The quantitative estimate of drug-likeness (QED) is 0.910. The maximum Gasteiger partial charge on any atom is 0.262 e. The second kappa shape index (κ2) is 5.54. The molecule has 1 unspecified atom stereocenters. The van der Waals surface area contributed by atoms with Crippen molar-refractivity contribution in [3.8, 4) is 5.75 Å². The topological polar surface area (TPSA) is 64.3 Å². The molecule has 0 spiro atoms. The van der Waals surface area contributed by atoms with E-state index in [1.165, 1.54) is 12.1 Å². The predicted molar refractivity (Wildman–Crippen MR) is 77.6 cm³/mol. The molecule has 2 aromatic rings. The number of nitrogens with two attached hydrogens (primary N) is 1. The molecule has 3 rings (SSSR count). The van der Waals surface area contributed by atoms with Crippen LogP contribution in [0.15, 0.2) is 42.5 Å². The lowest BCUT2D eigenvalue weighted by Crippen LogP contribution is -2.25. The summed E-state index contributed by atoms with van der Waals surface area (Å²) in [5.74, 6) is 0.181. The van der Waals surface area contributed by atoms with Gasteiger partial charge in [-0.25, -0.2) is 4.39 Å². The number of benzene rings is 2. The van der Waals surface area contributed by atoms with Crippen LogP contribution in [-0.2, 0) is 11.2 Å². The van der Waals surface area contributed by atoms with Gasteiger partial charge in [0.2, 0.25) is 0 Å². The lowest BCUT2D eigenvalue weighted by atomic mass is 9.99. The molecule has 5 heteroatoms. The minimum atomic E-state index is -0.282. The van der Waals surface area contributed by atoms with Crippen molar-refractivity contribution in [3.63, 3.8) is 0 Å². The van der Waals surface area contributed by atoms with Crippen LogP contribution in [-0.4, -0.2) is 12.5 Å². The van der Waals surface area contributed by atoms with E-state index < -0.39 is 0 Å². The van der Waals surface area contributed by atoms with Crippen molar-refractivity contribution in [1.82, 2.24) is 0 Å². The van der Waals surface area contributed by atoms with Crippen LogP contribution < -0.4 is 15.8 Å². The number of hydrogen-bond acceptors (Lipinski definition) is 3. The molecule has 108 valence electrons.